The molecular formula is C25H26N2O5. The van der Waals surface area contributed by atoms with Gasteiger partial charge in [0.25, 0.3) is 5.91 Å². The summed E-state index contributed by atoms with van der Waals surface area (Å²) in [6.45, 7) is 0.213. The van der Waals surface area contributed by atoms with Crippen molar-refractivity contribution in [3.05, 3.63) is 59.7 Å². The van der Waals surface area contributed by atoms with Crippen molar-refractivity contribution in [2.75, 3.05) is 26.6 Å². The zero-order valence-corrected chi connectivity index (χ0v) is 18.4. The lowest BCUT2D eigenvalue weighted by Gasteiger charge is -2.16. The molecule has 0 saturated heterocycles. The molecule has 1 saturated carbocycles. The van der Waals surface area contributed by atoms with E-state index in [0.29, 0.717) is 28.5 Å². The monoisotopic (exact) mass is 434 g/mol. The number of hydrogen-bond donors (Lipinski definition) is 2. The predicted octanol–water partition coefficient (Wildman–Crippen LogP) is 4.14. The summed E-state index contributed by atoms with van der Waals surface area (Å²) >= 11 is 0. The molecule has 0 heterocycles. The number of carbonyl (C=O) groups excluding carboxylic acids is 2. The van der Waals surface area contributed by atoms with Gasteiger partial charge in [-0.05, 0) is 41.8 Å². The Morgan fingerprint density at radius 1 is 0.875 bits per heavy atom. The molecule has 1 aliphatic rings. The number of ether oxygens (including phenoxy) is 3. The van der Waals surface area contributed by atoms with Gasteiger partial charge in [0, 0.05) is 24.1 Å². The Balaban J connectivity index is 1.61. The van der Waals surface area contributed by atoms with Crippen molar-refractivity contribution >= 4 is 28.3 Å². The molecule has 2 N–H and O–H groups in total. The third kappa shape index (κ3) is 4.46. The number of methoxy groups -OCH3 is 3. The second-order valence-electron chi connectivity index (χ2n) is 7.71. The minimum absolute atomic E-state index is 0.0356. The van der Waals surface area contributed by atoms with Crippen LogP contribution in [0.1, 0.15) is 28.8 Å². The van der Waals surface area contributed by atoms with Crippen molar-refractivity contribution in [3.63, 3.8) is 0 Å². The standard InChI is InChI=1S/C25H26N2O5/c1-30-21-13-23(32-3)22(31-2)12-18(21)14-26-25(29)19-10-16-6-4-5-7-17(16)11-20(19)27-24(28)15-8-9-15/h4-7,10-13,15H,8-9,14H2,1-3H3,(H,26,29)(H,27,28). The second-order valence-corrected chi connectivity index (χ2v) is 7.71. The smallest absolute Gasteiger partial charge is 0.253 e. The van der Waals surface area contributed by atoms with Crippen molar-refractivity contribution in [3.8, 4) is 17.2 Å². The van der Waals surface area contributed by atoms with Crippen molar-refractivity contribution in [1.82, 2.24) is 5.32 Å². The summed E-state index contributed by atoms with van der Waals surface area (Å²) in [5.74, 6) is 1.35. The average molecular weight is 434 g/mol. The minimum Gasteiger partial charge on any atom is -0.496 e. The van der Waals surface area contributed by atoms with Gasteiger partial charge in [-0.1, -0.05) is 24.3 Å². The fraction of sp³-hybridized carbons (Fsp3) is 0.280. The molecule has 166 valence electrons. The number of nitrogens with one attached hydrogen (secondary N) is 2. The third-order valence-electron chi connectivity index (χ3n) is 5.56. The Hall–Kier alpha value is -3.74. The summed E-state index contributed by atoms with van der Waals surface area (Å²) in [6.07, 6.45) is 1.78. The first kappa shape index (κ1) is 21.5. The maximum Gasteiger partial charge on any atom is 0.253 e. The number of hydrogen-bond acceptors (Lipinski definition) is 5. The molecule has 1 fully saturated rings. The lowest BCUT2D eigenvalue weighted by Crippen LogP contribution is -2.25. The van der Waals surface area contributed by atoms with Crippen molar-refractivity contribution in [1.29, 1.82) is 0 Å². The highest BCUT2D eigenvalue weighted by Crippen LogP contribution is 2.35. The fourth-order valence-electron chi connectivity index (χ4n) is 3.61. The molecular weight excluding hydrogens is 408 g/mol. The molecule has 0 atom stereocenters. The second kappa shape index (κ2) is 9.18. The van der Waals surface area contributed by atoms with Gasteiger partial charge < -0.3 is 24.8 Å². The summed E-state index contributed by atoms with van der Waals surface area (Å²) in [5, 5.41) is 7.75. The van der Waals surface area contributed by atoms with Crippen LogP contribution >= 0.6 is 0 Å². The number of anilines is 1. The molecule has 0 aromatic heterocycles. The maximum absolute atomic E-state index is 13.2. The molecule has 7 heteroatoms. The van der Waals surface area contributed by atoms with Gasteiger partial charge in [-0.2, -0.15) is 0 Å². The van der Waals surface area contributed by atoms with Gasteiger partial charge in [0.15, 0.2) is 11.5 Å². The molecule has 4 rings (SSSR count). The quantitative estimate of drug-likeness (QED) is 0.556. The highest BCUT2D eigenvalue weighted by molar-refractivity contribution is 6.08. The first-order valence-electron chi connectivity index (χ1n) is 10.4. The van der Waals surface area contributed by atoms with E-state index in [4.69, 9.17) is 14.2 Å². The Labute approximate surface area is 186 Å². The number of fused-ring (bicyclic) bond motifs is 1. The van der Waals surface area contributed by atoms with E-state index in [1.807, 2.05) is 30.3 Å². The van der Waals surface area contributed by atoms with Crippen LogP contribution in [0.5, 0.6) is 17.2 Å². The largest absolute Gasteiger partial charge is 0.496 e. The van der Waals surface area contributed by atoms with E-state index >= 15 is 0 Å². The van der Waals surface area contributed by atoms with Gasteiger partial charge in [0.05, 0.1) is 32.6 Å². The van der Waals surface area contributed by atoms with Crippen LogP contribution in [0.4, 0.5) is 5.69 Å². The van der Waals surface area contributed by atoms with Crippen LogP contribution < -0.4 is 24.8 Å². The van der Waals surface area contributed by atoms with Crippen molar-refractivity contribution in [2.24, 2.45) is 5.92 Å². The molecule has 3 aromatic carbocycles. The lowest BCUT2D eigenvalue weighted by atomic mass is 10.0. The molecule has 3 aromatic rings. The van der Waals surface area contributed by atoms with Crippen molar-refractivity contribution < 1.29 is 23.8 Å². The first-order chi connectivity index (χ1) is 15.5. The summed E-state index contributed by atoms with van der Waals surface area (Å²) in [4.78, 5) is 25.6. The Bertz CT molecular complexity index is 1170. The molecule has 0 bridgehead atoms. The topological polar surface area (TPSA) is 85.9 Å². The van der Waals surface area contributed by atoms with Gasteiger partial charge >= 0.3 is 0 Å². The maximum atomic E-state index is 13.2. The van der Waals surface area contributed by atoms with E-state index in [0.717, 1.165) is 29.2 Å². The number of benzene rings is 3. The predicted molar refractivity (Wildman–Crippen MR) is 123 cm³/mol. The zero-order valence-electron chi connectivity index (χ0n) is 18.4. The molecule has 0 aliphatic heterocycles. The SMILES string of the molecule is COc1cc(OC)c(OC)cc1CNC(=O)c1cc2ccccc2cc1NC(=O)C1CC1. The summed E-state index contributed by atoms with van der Waals surface area (Å²) in [5.41, 5.74) is 1.66. The van der Waals surface area contributed by atoms with Crippen molar-refractivity contribution in [2.45, 2.75) is 19.4 Å². The van der Waals surface area contributed by atoms with E-state index in [1.165, 1.54) is 0 Å². The van der Waals surface area contributed by atoms with E-state index in [9.17, 15) is 9.59 Å². The normalized spacial score (nSPS) is 12.8. The summed E-state index contributed by atoms with van der Waals surface area (Å²) in [6, 6.07) is 14.9. The van der Waals surface area contributed by atoms with Crippen LogP contribution in [-0.2, 0) is 11.3 Å². The van der Waals surface area contributed by atoms with E-state index in [-0.39, 0.29) is 24.3 Å². The minimum atomic E-state index is -0.293. The molecule has 32 heavy (non-hydrogen) atoms. The first-order valence-corrected chi connectivity index (χ1v) is 10.4. The highest BCUT2D eigenvalue weighted by Gasteiger charge is 2.30. The molecule has 2 amide bonds. The van der Waals surface area contributed by atoms with E-state index in [1.54, 1.807) is 39.5 Å². The number of carbonyl (C=O) groups is 2. The molecule has 0 radical (unpaired) electrons. The van der Waals surface area contributed by atoms with Gasteiger partial charge in [-0.25, -0.2) is 0 Å². The summed E-state index contributed by atoms with van der Waals surface area (Å²) < 4.78 is 16.1. The van der Waals surface area contributed by atoms with E-state index in [2.05, 4.69) is 10.6 Å². The van der Waals surface area contributed by atoms with Gasteiger partial charge in [-0.3, -0.25) is 9.59 Å². The average Bonchev–Trinajstić information content (AvgIpc) is 3.67. The van der Waals surface area contributed by atoms with Crippen LogP contribution in [0.25, 0.3) is 10.8 Å². The lowest BCUT2D eigenvalue weighted by molar-refractivity contribution is -0.117. The highest BCUT2D eigenvalue weighted by atomic mass is 16.5. The Morgan fingerprint density at radius 2 is 1.50 bits per heavy atom. The summed E-state index contributed by atoms with van der Waals surface area (Å²) in [7, 11) is 4.66. The van der Waals surface area contributed by atoms with Gasteiger partial charge in [-0.15, -0.1) is 0 Å². The molecule has 7 nitrogen and oxygen atoms in total. The number of amides is 2. The van der Waals surface area contributed by atoms with Crippen LogP contribution in [-0.4, -0.2) is 33.1 Å². The molecule has 1 aliphatic carbocycles. The zero-order chi connectivity index (χ0) is 22.7. The van der Waals surface area contributed by atoms with Gasteiger partial charge in [0.1, 0.15) is 5.75 Å². The Kier molecular flexibility index (Phi) is 6.16. The number of rotatable bonds is 8. The third-order valence-corrected chi connectivity index (χ3v) is 5.56. The van der Waals surface area contributed by atoms with Crippen LogP contribution in [0, 0.1) is 5.92 Å². The van der Waals surface area contributed by atoms with Gasteiger partial charge in [0.2, 0.25) is 5.91 Å². The van der Waals surface area contributed by atoms with Crippen LogP contribution in [0.15, 0.2) is 48.5 Å². The van der Waals surface area contributed by atoms with E-state index < -0.39 is 0 Å². The Morgan fingerprint density at radius 3 is 2.12 bits per heavy atom. The van der Waals surface area contributed by atoms with Crippen LogP contribution in [0.2, 0.25) is 0 Å². The molecule has 0 unspecified atom stereocenters. The van der Waals surface area contributed by atoms with Crippen LogP contribution in [0.3, 0.4) is 0 Å². The fourth-order valence-corrected chi connectivity index (χ4v) is 3.61. The molecule has 0 spiro atoms.